The van der Waals surface area contributed by atoms with E-state index in [1.54, 1.807) is 0 Å². The zero-order chi connectivity index (χ0) is 14.4. The fraction of sp³-hybridized carbons (Fsp3) is 0.0909. The van der Waals surface area contributed by atoms with Crippen LogP contribution in [0.1, 0.15) is 15.9 Å². The van der Waals surface area contributed by atoms with Gasteiger partial charge in [-0.25, -0.2) is 4.79 Å². The smallest absolute Gasteiger partial charge is 0.416 e. The fourth-order valence-electron chi connectivity index (χ4n) is 1.66. The number of pyridine rings is 1. The van der Waals surface area contributed by atoms with E-state index in [2.05, 4.69) is 0 Å². The summed E-state index contributed by atoms with van der Waals surface area (Å²) in [6.07, 6.45) is -4.60. The van der Waals surface area contributed by atoms with Gasteiger partial charge in [-0.05, 0) is 18.2 Å². The molecule has 19 heavy (non-hydrogen) atoms. The first-order valence-electron chi connectivity index (χ1n) is 4.91. The molecule has 0 saturated heterocycles. The van der Waals surface area contributed by atoms with E-state index in [0.29, 0.717) is 12.1 Å². The molecule has 2 rings (SSSR count). The average molecular weight is 273 g/mol. The number of aromatic carboxylic acids is 1. The number of rotatable bonds is 1. The van der Waals surface area contributed by atoms with E-state index in [1.165, 1.54) is 0 Å². The first-order valence-corrected chi connectivity index (χ1v) is 4.91. The van der Waals surface area contributed by atoms with Crippen molar-refractivity contribution < 1.29 is 28.2 Å². The molecule has 0 radical (unpaired) electrons. The van der Waals surface area contributed by atoms with Gasteiger partial charge in [0.15, 0.2) is 5.56 Å². The van der Waals surface area contributed by atoms with Crippen LogP contribution in [0.4, 0.5) is 13.2 Å². The monoisotopic (exact) mass is 273 g/mol. The minimum atomic E-state index is -4.60. The van der Waals surface area contributed by atoms with E-state index in [0.717, 1.165) is 6.07 Å². The highest BCUT2D eigenvalue weighted by Crippen LogP contribution is 2.33. The number of aromatic amines is 1. The van der Waals surface area contributed by atoms with Crippen LogP contribution in [0.3, 0.4) is 0 Å². The predicted octanol–water partition coefficient (Wildman–Crippen LogP) is 1.95. The number of fused-ring (bicyclic) bond motifs is 1. The van der Waals surface area contributed by atoms with Gasteiger partial charge in [-0.15, -0.1) is 0 Å². The van der Waals surface area contributed by atoms with Gasteiger partial charge in [0, 0.05) is 5.39 Å². The summed E-state index contributed by atoms with van der Waals surface area (Å²) in [5.41, 5.74) is -3.38. The molecule has 0 amide bonds. The van der Waals surface area contributed by atoms with Crippen LogP contribution in [0.25, 0.3) is 10.9 Å². The third kappa shape index (κ3) is 2.12. The van der Waals surface area contributed by atoms with Gasteiger partial charge >= 0.3 is 12.1 Å². The van der Waals surface area contributed by atoms with Crippen molar-refractivity contribution in [2.45, 2.75) is 6.18 Å². The maximum absolute atomic E-state index is 12.5. The van der Waals surface area contributed by atoms with Gasteiger partial charge in [0.2, 0.25) is 0 Å². The highest BCUT2D eigenvalue weighted by molar-refractivity contribution is 5.98. The number of H-pyrrole nitrogens is 1. The van der Waals surface area contributed by atoms with E-state index in [9.17, 15) is 27.9 Å². The summed E-state index contributed by atoms with van der Waals surface area (Å²) in [4.78, 5) is 24.1. The van der Waals surface area contributed by atoms with Gasteiger partial charge in [-0.1, -0.05) is 0 Å². The minimum absolute atomic E-state index is 0.176. The predicted molar refractivity (Wildman–Crippen MR) is 58.2 cm³/mol. The number of nitrogens with one attached hydrogen (secondary N) is 1. The number of carboxylic acids is 1. The van der Waals surface area contributed by atoms with Gasteiger partial charge in [0.05, 0.1) is 11.1 Å². The number of aromatic nitrogens is 1. The number of carbonyl (C=O) groups is 1. The Hall–Kier alpha value is -2.51. The van der Waals surface area contributed by atoms with Crippen LogP contribution in [0, 0.1) is 0 Å². The Labute approximate surface area is 102 Å². The molecule has 2 aromatic rings. The van der Waals surface area contributed by atoms with Crippen LogP contribution in [0.5, 0.6) is 5.75 Å². The zero-order valence-corrected chi connectivity index (χ0v) is 9.08. The van der Waals surface area contributed by atoms with Crippen molar-refractivity contribution in [3.8, 4) is 5.75 Å². The lowest BCUT2D eigenvalue weighted by Gasteiger charge is -2.09. The summed E-state index contributed by atoms with van der Waals surface area (Å²) < 4.78 is 37.4. The Kier molecular flexibility index (Phi) is 2.73. The van der Waals surface area contributed by atoms with Crippen LogP contribution in [-0.2, 0) is 6.18 Å². The topological polar surface area (TPSA) is 90.4 Å². The molecular formula is C11H6F3NO4. The van der Waals surface area contributed by atoms with Gasteiger partial charge in [0.1, 0.15) is 5.75 Å². The number of alkyl halides is 3. The maximum atomic E-state index is 12.5. The lowest BCUT2D eigenvalue weighted by Crippen LogP contribution is -2.18. The van der Waals surface area contributed by atoms with Crippen molar-refractivity contribution in [3.05, 3.63) is 39.7 Å². The summed E-state index contributed by atoms with van der Waals surface area (Å²) in [6, 6.07) is 2.21. The Morgan fingerprint density at radius 1 is 1.26 bits per heavy atom. The van der Waals surface area contributed by atoms with E-state index < -0.39 is 34.6 Å². The highest BCUT2D eigenvalue weighted by Gasteiger charge is 2.31. The van der Waals surface area contributed by atoms with Crippen LogP contribution < -0.4 is 5.56 Å². The Bertz CT molecular complexity index is 733. The Morgan fingerprint density at radius 3 is 2.42 bits per heavy atom. The molecule has 100 valence electrons. The number of hydrogen-bond donors (Lipinski definition) is 3. The summed E-state index contributed by atoms with van der Waals surface area (Å²) in [7, 11) is 0. The number of carboxylic acid groups (broad SMARTS) is 1. The standard InChI is InChI=1S/C11H6F3NO4/c12-11(13,14)4-1-2-5-6(3-4)15-9(17)7(8(5)16)10(18)19/h1-3H,(H,18,19)(H2,15,16,17). The summed E-state index contributed by atoms with van der Waals surface area (Å²) >= 11 is 0. The molecule has 8 heteroatoms. The molecule has 0 aliphatic carbocycles. The third-order valence-corrected chi connectivity index (χ3v) is 2.53. The summed E-state index contributed by atoms with van der Waals surface area (Å²) in [6.45, 7) is 0. The van der Waals surface area contributed by atoms with Crippen molar-refractivity contribution in [2.24, 2.45) is 0 Å². The summed E-state index contributed by atoms with van der Waals surface area (Å²) in [5.74, 6) is -2.53. The van der Waals surface area contributed by atoms with Crippen molar-refractivity contribution in [1.82, 2.24) is 4.98 Å². The second kappa shape index (κ2) is 4.01. The lowest BCUT2D eigenvalue weighted by atomic mass is 10.1. The molecule has 0 atom stereocenters. The third-order valence-electron chi connectivity index (χ3n) is 2.53. The van der Waals surface area contributed by atoms with Crippen LogP contribution in [0.2, 0.25) is 0 Å². The fourth-order valence-corrected chi connectivity index (χ4v) is 1.66. The summed E-state index contributed by atoms with van der Waals surface area (Å²) in [5, 5.41) is 18.2. The van der Waals surface area contributed by atoms with Gasteiger partial charge in [-0.2, -0.15) is 13.2 Å². The number of hydrogen-bond acceptors (Lipinski definition) is 3. The van der Waals surface area contributed by atoms with E-state index in [-0.39, 0.29) is 10.9 Å². The zero-order valence-electron chi connectivity index (χ0n) is 9.08. The first-order chi connectivity index (χ1) is 8.71. The average Bonchev–Trinajstić information content (AvgIpc) is 2.26. The molecule has 0 saturated carbocycles. The van der Waals surface area contributed by atoms with Gasteiger partial charge in [-0.3, -0.25) is 4.79 Å². The molecule has 3 N–H and O–H groups in total. The Morgan fingerprint density at radius 2 is 1.89 bits per heavy atom. The molecule has 1 heterocycles. The molecule has 1 aromatic heterocycles. The lowest BCUT2D eigenvalue weighted by molar-refractivity contribution is -0.137. The van der Waals surface area contributed by atoms with Gasteiger partial charge in [0.25, 0.3) is 5.56 Å². The molecule has 0 unspecified atom stereocenters. The molecule has 0 aliphatic rings. The number of benzene rings is 1. The molecule has 5 nitrogen and oxygen atoms in total. The largest absolute Gasteiger partial charge is 0.506 e. The second-order valence-electron chi connectivity index (χ2n) is 3.74. The quantitative estimate of drug-likeness (QED) is 0.740. The van der Waals surface area contributed by atoms with Crippen molar-refractivity contribution >= 4 is 16.9 Å². The first kappa shape index (κ1) is 12.9. The molecule has 0 aliphatic heterocycles. The molecule has 0 bridgehead atoms. The van der Waals surface area contributed by atoms with Crippen molar-refractivity contribution in [3.63, 3.8) is 0 Å². The Balaban J connectivity index is 2.82. The minimum Gasteiger partial charge on any atom is -0.506 e. The second-order valence-corrected chi connectivity index (χ2v) is 3.74. The molecule has 1 aromatic carbocycles. The highest BCUT2D eigenvalue weighted by atomic mass is 19.4. The number of halogens is 3. The molecule has 0 fully saturated rings. The maximum Gasteiger partial charge on any atom is 0.416 e. The van der Waals surface area contributed by atoms with Crippen LogP contribution in [-0.4, -0.2) is 21.2 Å². The normalized spacial score (nSPS) is 11.7. The van der Waals surface area contributed by atoms with Gasteiger partial charge < -0.3 is 15.2 Å². The van der Waals surface area contributed by atoms with Crippen LogP contribution in [0.15, 0.2) is 23.0 Å². The van der Waals surface area contributed by atoms with E-state index in [1.807, 2.05) is 4.98 Å². The van der Waals surface area contributed by atoms with E-state index in [4.69, 9.17) is 5.11 Å². The van der Waals surface area contributed by atoms with E-state index >= 15 is 0 Å². The SMILES string of the molecule is O=C(O)c1c(O)c2ccc(C(F)(F)F)cc2[nH]c1=O. The number of aromatic hydroxyl groups is 1. The van der Waals surface area contributed by atoms with Crippen molar-refractivity contribution in [1.29, 1.82) is 0 Å². The van der Waals surface area contributed by atoms with Crippen molar-refractivity contribution in [2.75, 3.05) is 0 Å². The molecule has 0 spiro atoms. The molecular weight excluding hydrogens is 267 g/mol. The van der Waals surface area contributed by atoms with Crippen LogP contribution >= 0.6 is 0 Å².